The molecule has 0 aromatic heterocycles. The Morgan fingerprint density at radius 2 is 1.73 bits per heavy atom. The fraction of sp³-hybridized carbons (Fsp3) is 0.684. The molecule has 2 aliphatic rings. The molecule has 0 radical (unpaired) electrons. The van der Waals surface area contributed by atoms with Crippen molar-refractivity contribution < 1.29 is 13.2 Å². The van der Waals surface area contributed by atoms with E-state index in [2.05, 4.69) is 4.90 Å². The number of methoxy groups -OCH3 is 1. The highest BCUT2D eigenvalue weighted by atomic mass is 35.5. The van der Waals surface area contributed by atoms with Gasteiger partial charge in [-0.15, -0.1) is 0 Å². The summed E-state index contributed by atoms with van der Waals surface area (Å²) in [6.45, 7) is 4.62. The molecule has 26 heavy (non-hydrogen) atoms. The van der Waals surface area contributed by atoms with Gasteiger partial charge in [-0.05, 0) is 62.9 Å². The summed E-state index contributed by atoms with van der Waals surface area (Å²) in [4.78, 5) is 2.74. The molecule has 1 aromatic carbocycles. The smallest absolute Gasteiger partial charge is 0.246 e. The van der Waals surface area contributed by atoms with E-state index in [9.17, 15) is 8.42 Å². The Labute approximate surface area is 162 Å². The van der Waals surface area contributed by atoms with E-state index in [1.54, 1.807) is 16.4 Å². The van der Waals surface area contributed by atoms with Crippen LogP contribution >= 0.6 is 11.6 Å². The summed E-state index contributed by atoms with van der Waals surface area (Å²) in [6.07, 6.45) is 7.10. The van der Waals surface area contributed by atoms with E-state index in [-0.39, 0.29) is 4.90 Å². The summed E-state index contributed by atoms with van der Waals surface area (Å²) >= 11 is 6.02. The van der Waals surface area contributed by atoms with Crippen LogP contribution < -0.4 is 4.74 Å². The number of likely N-dealkylation sites (tertiary alicyclic amines) is 1. The summed E-state index contributed by atoms with van der Waals surface area (Å²) in [5.41, 5.74) is 0. The Morgan fingerprint density at radius 3 is 2.35 bits per heavy atom. The van der Waals surface area contributed by atoms with Crippen LogP contribution in [-0.2, 0) is 10.0 Å². The minimum absolute atomic E-state index is 0.165. The van der Waals surface area contributed by atoms with Gasteiger partial charge in [-0.1, -0.05) is 24.4 Å². The van der Waals surface area contributed by atoms with Gasteiger partial charge in [0.25, 0.3) is 0 Å². The van der Waals surface area contributed by atoms with Gasteiger partial charge in [-0.2, -0.15) is 4.31 Å². The third kappa shape index (κ3) is 4.71. The van der Waals surface area contributed by atoms with Gasteiger partial charge in [-0.3, -0.25) is 0 Å². The van der Waals surface area contributed by atoms with Gasteiger partial charge in [0.2, 0.25) is 10.0 Å². The van der Waals surface area contributed by atoms with Crippen LogP contribution in [-0.4, -0.2) is 57.5 Å². The van der Waals surface area contributed by atoms with Crippen molar-refractivity contribution in [3.8, 4) is 5.75 Å². The number of sulfonamides is 1. The highest BCUT2D eigenvalue weighted by Gasteiger charge is 2.32. The predicted molar refractivity (Wildman–Crippen MR) is 104 cm³/mol. The SMILES string of the molecule is COc1ccc(Cl)cc1S(=O)(=O)N1CCC(CN2CCCCCC2)CC1. The third-order valence-corrected chi connectivity index (χ3v) is 7.69. The molecule has 2 heterocycles. The van der Waals surface area contributed by atoms with Gasteiger partial charge >= 0.3 is 0 Å². The maximum Gasteiger partial charge on any atom is 0.246 e. The minimum Gasteiger partial charge on any atom is -0.495 e. The lowest BCUT2D eigenvalue weighted by molar-refractivity contribution is 0.186. The molecule has 7 heteroatoms. The zero-order valence-corrected chi connectivity index (χ0v) is 17.1. The van der Waals surface area contributed by atoms with Crippen molar-refractivity contribution in [3.63, 3.8) is 0 Å². The second-order valence-corrected chi connectivity index (χ2v) is 9.70. The van der Waals surface area contributed by atoms with Crippen molar-refractivity contribution in [1.29, 1.82) is 0 Å². The fourth-order valence-corrected chi connectivity index (χ4v) is 5.90. The fourth-order valence-electron chi connectivity index (χ4n) is 4.01. The molecule has 5 nitrogen and oxygen atoms in total. The molecule has 0 spiro atoms. The normalized spacial score (nSPS) is 21.5. The van der Waals surface area contributed by atoms with Gasteiger partial charge in [0.15, 0.2) is 0 Å². The monoisotopic (exact) mass is 400 g/mol. The predicted octanol–water partition coefficient (Wildman–Crippen LogP) is 3.63. The molecule has 146 valence electrons. The third-order valence-electron chi connectivity index (χ3n) is 5.53. The highest BCUT2D eigenvalue weighted by molar-refractivity contribution is 7.89. The Kier molecular flexibility index (Phi) is 6.83. The van der Waals surface area contributed by atoms with Crippen LogP contribution in [0.2, 0.25) is 5.02 Å². The average molecular weight is 401 g/mol. The zero-order valence-electron chi connectivity index (χ0n) is 15.5. The van der Waals surface area contributed by atoms with E-state index in [0.717, 1.165) is 19.4 Å². The molecule has 2 saturated heterocycles. The Hall–Kier alpha value is -0.820. The maximum atomic E-state index is 13.0. The zero-order chi connectivity index (χ0) is 18.6. The van der Waals surface area contributed by atoms with Crippen molar-refractivity contribution >= 4 is 21.6 Å². The van der Waals surface area contributed by atoms with Crippen LogP contribution in [0.3, 0.4) is 0 Å². The second-order valence-electron chi connectivity index (χ2n) is 7.36. The van der Waals surface area contributed by atoms with E-state index in [4.69, 9.17) is 16.3 Å². The van der Waals surface area contributed by atoms with Crippen molar-refractivity contribution in [2.24, 2.45) is 5.92 Å². The summed E-state index contributed by atoms with van der Waals surface area (Å²) < 4.78 is 32.9. The molecule has 2 fully saturated rings. The molecule has 0 N–H and O–H groups in total. The van der Waals surface area contributed by atoms with Crippen molar-refractivity contribution in [3.05, 3.63) is 23.2 Å². The molecule has 0 bridgehead atoms. The molecule has 0 atom stereocenters. The number of piperidine rings is 1. The Balaban J connectivity index is 1.62. The lowest BCUT2D eigenvalue weighted by Crippen LogP contribution is -2.41. The summed E-state index contributed by atoms with van der Waals surface area (Å²) in [5.74, 6) is 0.932. The number of rotatable bonds is 5. The Bertz CT molecular complexity index is 695. The van der Waals surface area contributed by atoms with Gasteiger partial charge in [0, 0.05) is 24.7 Å². The molecule has 0 aliphatic carbocycles. The van der Waals surface area contributed by atoms with E-state index in [1.807, 2.05) is 0 Å². The largest absolute Gasteiger partial charge is 0.495 e. The summed E-state index contributed by atoms with van der Waals surface area (Å²) in [5, 5.41) is 0.403. The van der Waals surface area contributed by atoms with Crippen LogP contribution in [0.5, 0.6) is 5.75 Å². The lowest BCUT2D eigenvalue weighted by Gasteiger charge is -2.34. The molecule has 1 aromatic rings. The standard InChI is InChI=1S/C19H29ClN2O3S/c1-25-18-7-6-17(20)14-19(18)26(23,24)22-12-8-16(9-13-22)15-21-10-4-2-3-5-11-21/h6-7,14,16H,2-5,8-13,15H2,1H3. The minimum atomic E-state index is -3.58. The first-order valence-corrected chi connectivity index (χ1v) is 11.4. The number of hydrogen-bond donors (Lipinski definition) is 0. The molecule has 2 aliphatic heterocycles. The van der Waals surface area contributed by atoms with E-state index < -0.39 is 10.0 Å². The van der Waals surface area contributed by atoms with Crippen LogP contribution in [0.25, 0.3) is 0 Å². The molecule has 0 amide bonds. The average Bonchev–Trinajstić information content (AvgIpc) is 2.91. The molecule has 0 saturated carbocycles. The van der Waals surface area contributed by atoms with Gasteiger partial charge in [0.1, 0.15) is 10.6 Å². The van der Waals surface area contributed by atoms with Crippen LogP contribution in [0.1, 0.15) is 38.5 Å². The molecular formula is C19H29ClN2O3S. The van der Waals surface area contributed by atoms with Crippen LogP contribution in [0.4, 0.5) is 0 Å². The van der Waals surface area contributed by atoms with Crippen molar-refractivity contribution in [1.82, 2.24) is 9.21 Å². The van der Waals surface area contributed by atoms with E-state index in [1.165, 1.54) is 51.9 Å². The number of hydrogen-bond acceptors (Lipinski definition) is 4. The molecule has 0 unspecified atom stereocenters. The van der Waals surface area contributed by atoms with Gasteiger partial charge in [-0.25, -0.2) is 8.42 Å². The maximum absolute atomic E-state index is 13.0. The number of benzene rings is 1. The quantitative estimate of drug-likeness (QED) is 0.757. The number of nitrogens with zero attached hydrogens (tertiary/aromatic N) is 2. The van der Waals surface area contributed by atoms with Crippen LogP contribution in [0, 0.1) is 5.92 Å². The highest BCUT2D eigenvalue weighted by Crippen LogP contribution is 2.32. The topological polar surface area (TPSA) is 49.9 Å². The number of ether oxygens (including phenoxy) is 1. The number of halogens is 1. The molecular weight excluding hydrogens is 372 g/mol. The van der Waals surface area contributed by atoms with E-state index >= 15 is 0 Å². The molecule has 3 rings (SSSR count). The first-order chi connectivity index (χ1) is 12.5. The Morgan fingerprint density at radius 1 is 1.08 bits per heavy atom. The van der Waals surface area contributed by atoms with Crippen molar-refractivity contribution in [2.75, 3.05) is 39.8 Å². The van der Waals surface area contributed by atoms with E-state index in [0.29, 0.717) is 29.8 Å². The second kappa shape index (κ2) is 8.91. The lowest BCUT2D eigenvalue weighted by atomic mass is 9.97. The van der Waals surface area contributed by atoms with Crippen LogP contribution in [0.15, 0.2) is 23.1 Å². The first-order valence-electron chi connectivity index (χ1n) is 9.57. The van der Waals surface area contributed by atoms with Crippen molar-refractivity contribution in [2.45, 2.75) is 43.4 Å². The summed E-state index contributed by atoms with van der Waals surface area (Å²) in [6, 6.07) is 4.74. The van der Waals surface area contributed by atoms with Gasteiger partial charge < -0.3 is 9.64 Å². The van der Waals surface area contributed by atoms with Gasteiger partial charge in [0.05, 0.1) is 7.11 Å². The summed E-state index contributed by atoms with van der Waals surface area (Å²) in [7, 11) is -2.10. The first kappa shape index (κ1) is 19.9.